The minimum Gasteiger partial charge on any atom is -0.383 e. The zero-order chi connectivity index (χ0) is 17.0. The Kier molecular flexibility index (Phi) is 10.9. The first-order valence-corrected chi connectivity index (χ1v) is 8.38. The van der Waals surface area contributed by atoms with Crippen molar-refractivity contribution in [1.82, 2.24) is 10.6 Å². The summed E-state index contributed by atoms with van der Waals surface area (Å²) in [5, 5.41) is 6.62. The first-order chi connectivity index (χ1) is 11.8. The van der Waals surface area contributed by atoms with Gasteiger partial charge in [-0.25, -0.2) is 0 Å². The molecule has 0 aliphatic heterocycles. The van der Waals surface area contributed by atoms with Crippen LogP contribution in [0.4, 0.5) is 0 Å². The van der Waals surface area contributed by atoms with Crippen LogP contribution < -0.4 is 10.6 Å². The predicted molar refractivity (Wildman–Crippen MR) is 116 cm³/mol. The standard InChI is InChI=1S/C20H27N3O.HI/c1-21-20(23-15-16-24-2)22-14-13-19(17-9-5-3-6-10-17)18-11-7-4-8-12-18;/h3-12,19H,13-16H2,1-2H3,(H2,21,22,23);1H. The third-order valence-electron chi connectivity index (χ3n) is 3.95. The minimum atomic E-state index is 0. The van der Waals surface area contributed by atoms with Crippen molar-refractivity contribution in [2.75, 3.05) is 33.9 Å². The van der Waals surface area contributed by atoms with Crippen molar-refractivity contribution in [2.45, 2.75) is 12.3 Å². The quantitative estimate of drug-likeness (QED) is 0.278. The van der Waals surface area contributed by atoms with E-state index in [0.29, 0.717) is 12.5 Å². The number of ether oxygens (including phenoxy) is 1. The number of benzene rings is 2. The van der Waals surface area contributed by atoms with Gasteiger partial charge in [-0.3, -0.25) is 4.99 Å². The highest BCUT2D eigenvalue weighted by Crippen LogP contribution is 2.27. The van der Waals surface area contributed by atoms with Gasteiger partial charge in [0.15, 0.2) is 5.96 Å². The molecule has 0 spiro atoms. The molecule has 4 nitrogen and oxygen atoms in total. The Labute approximate surface area is 168 Å². The molecule has 136 valence electrons. The van der Waals surface area contributed by atoms with E-state index < -0.39 is 0 Å². The normalized spacial score (nSPS) is 11.1. The van der Waals surface area contributed by atoms with Gasteiger partial charge >= 0.3 is 0 Å². The van der Waals surface area contributed by atoms with Gasteiger partial charge in [0.25, 0.3) is 0 Å². The van der Waals surface area contributed by atoms with Crippen molar-refractivity contribution in [3.05, 3.63) is 71.8 Å². The lowest BCUT2D eigenvalue weighted by atomic mass is 9.88. The fourth-order valence-corrected chi connectivity index (χ4v) is 2.72. The number of rotatable bonds is 8. The zero-order valence-corrected chi connectivity index (χ0v) is 17.3. The lowest BCUT2D eigenvalue weighted by Gasteiger charge is -2.19. The maximum atomic E-state index is 5.05. The lowest BCUT2D eigenvalue weighted by Crippen LogP contribution is -2.39. The van der Waals surface area contributed by atoms with E-state index in [4.69, 9.17) is 4.74 Å². The third kappa shape index (κ3) is 7.44. The van der Waals surface area contributed by atoms with Gasteiger partial charge < -0.3 is 15.4 Å². The molecule has 0 saturated heterocycles. The second-order valence-electron chi connectivity index (χ2n) is 5.58. The largest absolute Gasteiger partial charge is 0.383 e. The van der Waals surface area contributed by atoms with E-state index in [1.165, 1.54) is 11.1 Å². The van der Waals surface area contributed by atoms with Crippen molar-refractivity contribution in [3.63, 3.8) is 0 Å². The molecule has 0 aromatic heterocycles. The number of hydrogen-bond donors (Lipinski definition) is 2. The van der Waals surface area contributed by atoms with Gasteiger partial charge in [0.05, 0.1) is 6.61 Å². The fourth-order valence-electron chi connectivity index (χ4n) is 2.72. The van der Waals surface area contributed by atoms with Crippen LogP contribution in [-0.2, 0) is 4.74 Å². The van der Waals surface area contributed by atoms with Gasteiger partial charge in [-0.05, 0) is 17.5 Å². The van der Waals surface area contributed by atoms with Crippen molar-refractivity contribution in [3.8, 4) is 0 Å². The molecular formula is C20H28IN3O. The Bertz CT molecular complexity index is 565. The maximum absolute atomic E-state index is 5.05. The SMILES string of the molecule is CN=C(NCCOC)NCCC(c1ccccc1)c1ccccc1.I. The van der Waals surface area contributed by atoms with Gasteiger partial charge in [0, 0.05) is 33.2 Å². The van der Waals surface area contributed by atoms with Crippen LogP contribution >= 0.6 is 24.0 Å². The molecular weight excluding hydrogens is 425 g/mol. The smallest absolute Gasteiger partial charge is 0.191 e. The summed E-state index contributed by atoms with van der Waals surface area (Å²) < 4.78 is 5.05. The topological polar surface area (TPSA) is 45.7 Å². The Morgan fingerprint density at radius 2 is 1.44 bits per heavy atom. The molecule has 25 heavy (non-hydrogen) atoms. The maximum Gasteiger partial charge on any atom is 0.191 e. The van der Waals surface area contributed by atoms with Gasteiger partial charge in [-0.1, -0.05) is 60.7 Å². The van der Waals surface area contributed by atoms with E-state index in [0.717, 1.165) is 25.5 Å². The van der Waals surface area contributed by atoms with Gasteiger partial charge in [0.2, 0.25) is 0 Å². The second kappa shape index (κ2) is 12.7. The van der Waals surface area contributed by atoms with E-state index in [2.05, 4.69) is 76.3 Å². The predicted octanol–water partition coefficient (Wildman–Crippen LogP) is 3.64. The summed E-state index contributed by atoms with van der Waals surface area (Å²) in [4.78, 5) is 4.24. The summed E-state index contributed by atoms with van der Waals surface area (Å²) in [6.07, 6.45) is 0.999. The molecule has 2 N–H and O–H groups in total. The summed E-state index contributed by atoms with van der Waals surface area (Å²) in [5.74, 6) is 1.18. The number of nitrogens with one attached hydrogen (secondary N) is 2. The number of methoxy groups -OCH3 is 1. The van der Waals surface area contributed by atoms with Crippen LogP contribution in [0.5, 0.6) is 0 Å². The number of aliphatic imine (C=N–C) groups is 1. The first kappa shape index (κ1) is 21.4. The van der Waals surface area contributed by atoms with Gasteiger partial charge in [0.1, 0.15) is 0 Å². The number of guanidine groups is 1. The van der Waals surface area contributed by atoms with E-state index >= 15 is 0 Å². The minimum absolute atomic E-state index is 0. The van der Waals surface area contributed by atoms with Gasteiger partial charge in [-0.15, -0.1) is 24.0 Å². The molecule has 0 unspecified atom stereocenters. The Hall–Kier alpha value is -1.60. The Balaban J connectivity index is 0.00000312. The van der Waals surface area contributed by atoms with Crippen LogP contribution in [0.25, 0.3) is 0 Å². The molecule has 0 aliphatic carbocycles. The summed E-state index contributed by atoms with van der Waals surface area (Å²) in [7, 11) is 3.48. The number of halogens is 1. The zero-order valence-electron chi connectivity index (χ0n) is 14.9. The average Bonchev–Trinajstić information content (AvgIpc) is 2.65. The molecule has 0 bridgehead atoms. The summed E-state index contributed by atoms with van der Waals surface area (Å²) in [5.41, 5.74) is 2.68. The number of hydrogen-bond acceptors (Lipinski definition) is 2. The van der Waals surface area contributed by atoms with Crippen molar-refractivity contribution >= 4 is 29.9 Å². The number of nitrogens with zero attached hydrogens (tertiary/aromatic N) is 1. The van der Waals surface area contributed by atoms with Crippen LogP contribution in [0.15, 0.2) is 65.7 Å². The molecule has 0 aliphatic rings. The van der Waals surface area contributed by atoms with E-state index in [-0.39, 0.29) is 24.0 Å². The van der Waals surface area contributed by atoms with E-state index in [1.807, 2.05) is 0 Å². The molecule has 2 aromatic rings. The van der Waals surface area contributed by atoms with Crippen LogP contribution in [0.2, 0.25) is 0 Å². The van der Waals surface area contributed by atoms with Crippen LogP contribution in [0.3, 0.4) is 0 Å². The summed E-state index contributed by atoms with van der Waals surface area (Å²) >= 11 is 0. The molecule has 0 atom stereocenters. The first-order valence-electron chi connectivity index (χ1n) is 8.38. The highest BCUT2D eigenvalue weighted by atomic mass is 127. The fraction of sp³-hybridized carbons (Fsp3) is 0.350. The molecule has 2 aromatic carbocycles. The van der Waals surface area contributed by atoms with Crippen LogP contribution in [0, 0.1) is 0 Å². The van der Waals surface area contributed by atoms with Crippen LogP contribution in [-0.4, -0.2) is 39.8 Å². The van der Waals surface area contributed by atoms with E-state index in [9.17, 15) is 0 Å². The van der Waals surface area contributed by atoms with Crippen molar-refractivity contribution in [2.24, 2.45) is 4.99 Å². The summed E-state index contributed by atoms with van der Waals surface area (Å²) in [6, 6.07) is 21.3. The molecule has 2 rings (SSSR count). The monoisotopic (exact) mass is 453 g/mol. The third-order valence-corrected chi connectivity index (χ3v) is 3.95. The van der Waals surface area contributed by atoms with Crippen molar-refractivity contribution in [1.29, 1.82) is 0 Å². The molecule has 0 fully saturated rings. The molecule has 0 heterocycles. The summed E-state index contributed by atoms with van der Waals surface area (Å²) in [6.45, 7) is 2.26. The highest BCUT2D eigenvalue weighted by Gasteiger charge is 2.13. The second-order valence-corrected chi connectivity index (χ2v) is 5.58. The molecule has 0 amide bonds. The van der Waals surface area contributed by atoms with Gasteiger partial charge in [-0.2, -0.15) is 0 Å². The molecule has 0 saturated carbocycles. The lowest BCUT2D eigenvalue weighted by molar-refractivity contribution is 0.203. The molecule has 0 radical (unpaired) electrons. The molecule has 5 heteroatoms. The highest BCUT2D eigenvalue weighted by molar-refractivity contribution is 14.0. The van der Waals surface area contributed by atoms with Crippen LogP contribution in [0.1, 0.15) is 23.5 Å². The Morgan fingerprint density at radius 3 is 1.92 bits per heavy atom. The average molecular weight is 453 g/mol. The van der Waals surface area contributed by atoms with E-state index in [1.54, 1.807) is 14.2 Å². The van der Waals surface area contributed by atoms with Crippen molar-refractivity contribution < 1.29 is 4.74 Å². The Morgan fingerprint density at radius 1 is 0.920 bits per heavy atom.